The molecule has 3 rings (SSSR count). The number of carbonyl (C=O) groups is 1. The van der Waals surface area contributed by atoms with Crippen molar-refractivity contribution in [2.45, 2.75) is 13.0 Å². The van der Waals surface area contributed by atoms with Crippen LogP contribution in [0, 0.1) is 5.82 Å². The second-order valence-corrected chi connectivity index (χ2v) is 5.64. The Labute approximate surface area is 130 Å². The molecular weight excluding hydrogens is 279 g/mol. The zero-order valence-corrected chi connectivity index (χ0v) is 12.6. The third-order valence-corrected chi connectivity index (χ3v) is 4.09. The van der Waals surface area contributed by atoms with E-state index in [1.165, 1.54) is 17.8 Å². The first-order valence-electron chi connectivity index (χ1n) is 7.51. The summed E-state index contributed by atoms with van der Waals surface area (Å²) in [7, 11) is 0. The van der Waals surface area contributed by atoms with E-state index >= 15 is 0 Å². The SMILES string of the molecule is CC1CN(C(=O)c2ccc(F)cc2)CCN1c1ccccc1. The second kappa shape index (κ2) is 6.18. The molecule has 0 radical (unpaired) electrons. The molecule has 0 spiro atoms. The molecule has 4 heteroatoms. The van der Waals surface area contributed by atoms with Gasteiger partial charge in [0.1, 0.15) is 5.82 Å². The fraction of sp³-hybridized carbons (Fsp3) is 0.278. The number of rotatable bonds is 2. The Hall–Kier alpha value is -2.36. The minimum atomic E-state index is -0.321. The quantitative estimate of drug-likeness (QED) is 0.850. The van der Waals surface area contributed by atoms with Gasteiger partial charge in [0.2, 0.25) is 0 Å². The average molecular weight is 298 g/mol. The fourth-order valence-corrected chi connectivity index (χ4v) is 2.92. The van der Waals surface area contributed by atoms with Crippen LogP contribution < -0.4 is 4.90 Å². The molecule has 114 valence electrons. The number of anilines is 1. The Morgan fingerprint density at radius 3 is 2.36 bits per heavy atom. The van der Waals surface area contributed by atoms with Crippen LogP contribution in [0.4, 0.5) is 10.1 Å². The molecular formula is C18H19FN2O. The number of hydrogen-bond acceptors (Lipinski definition) is 2. The summed E-state index contributed by atoms with van der Waals surface area (Å²) in [6, 6.07) is 16.2. The number of para-hydroxylation sites is 1. The molecule has 1 saturated heterocycles. The Balaban J connectivity index is 1.69. The van der Waals surface area contributed by atoms with Crippen LogP contribution in [0.15, 0.2) is 54.6 Å². The Morgan fingerprint density at radius 2 is 1.73 bits per heavy atom. The molecule has 2 aromatic carbocycles. The van der Waals surface area contributed by atoms with Gasteiger partial charge in [-0.3, -0.25) is 4.79 Å². The van der Waals surface area contributed by atoms with Gasteiger partial charge in [-0.25, -0.2) is 4.39 Å². The van der Waals surface area contributed by atoms with Gasteiger partial charge < -0.3 is 9.80 Å². The van der Waals surface area contributed by atoms with E-state index in [1.54, 1.807) is 12.1 Å². The highest BCUT2D eigenvalue weighted by Crippen LogP contribution is 2.21. The van der Waals surface area contributed by atoms with E-state index in [9.17, 15) is 9.18 Å². The van der Waals surface area contributed by atoms with Gasteiger partial charge in [-0.2, -0.15) is 0 Å². The van der Waals surface area contributed by atoms with E-state index in [2.05, 4.69) is 24.0 Å². The summed E-state index contributed by atoms with van der Waals surface area (Å²) in [5.41, 5.74) is 1.73. The molecule has 0 N–H and O–H groups in total. The molecule has 0 saturated carbocycles. The number of benzene rings is 2. The molecule has 3 nitrogen and oxygen atoms in total. The number of hydrogen-bond donors (Lipinski definition) is 0. The second-order valence-electron chi connectivity index (χ2n) is 5.64. The maximum Gasteiger partial charge on any atom is 0.253 e. The molecule has 0 bridgehead atoms. The topological polar surface area (TPSA) is 23.6 Å². The number of carbonyl (C=O) groups excluding carboxylic acids is 1. The normalized spacial score (nSPS) is 18.4. The molecule has 1 aliphatic heterocycles. The standard InChI is InChI=1S/C18H19FN2O/c1-14-13-20(18(22)15-7-9-16(19)10-8-15)11-12-21(14)17-5-3-2-4-6-17/h2-10,14H,11-13H2,1H3. The number of nitrogens with zero attached hydrogens (tertiary/aromatic N) is 2. The third kappa shape index (κ3) is 2.96. The van der Waals surface area contributed by atoms with Crippen LogP contribution in [0.25, 0.3) is 0 Å². The Morgan fingerprint density at radius 1 is 1.05 bits per heavy atom. The van der Waals surface area contributed by atoms with Gasteiger partial charge in [-0.05, 0) is 43.3 Å². The first-order chi connectivity index (χ1) is 10.6. The smallest absolute Gasteiger partial charge is 0.253 e. The minimum absolute atomic E-state index is 0.0282. The highest BCUT2D eigenvalue weighted by atomic mass is 19.1. The highest BCUT2D eigenvalue weighted by molar-refractivity contribution is 5.94. The summed E-state index contributed by atoms with van der Waals surface area (Å²) >= 11 is 0. The third-order valence-electron chi connectivity index (χ3n) is 4.09. The van der Waals surface area contributed by atoms with Crippen molar-refractivity contribution in [2.24, 2.45) is 0 Å². The molecule has 1 atom stereocenters. The van der Waals surface area contributed by atoms with E-state index in [1.807, 2.05) is 23.1 Å². The van der Waals surface area contributed by atoms with Gasteiger partial charge in [-0.1, -0.05) is 18.2 Å². The first kappa shape index (κ1) is 14.6. The van der Waals surface area contributed by atoms with Crippen molar-refractivity contribution in [1.82, 2.24) is 4.90 Å². The number of amides is 1. The lowest BCUT2D eigenvalue weighted by atomic mass is 10.1. The maximum absolute atomic E-state index is 13.0. The molecule has 1 aliphatic rings. The summed E-state index contributed by atoms with van der Waals surface area (Å²) in [4.78, 5) is 16.6. The van der Waals surface area contributed by atoms with Crippen LogP contribution in [-0.4, -0.2) is 36.5 Å². The minimum Gasteiger partial charge on any atom is -0.365 e. The lowest BCUT2D eigenvalue weighted by Crippen LogP contribution is -2.53. The van der Waals surface area contributed by atoms with Gasteiger partial charge in [-0.15, -0.1) is 0 Å². The molecule has 0 aliphatic carbocycles. The van der Waals surface area contributed by atoms with E-state index < -0.39 is 0 Å². The zero-order chi connectivity index (χ0) is 15.5. The predicted octanol–water partition coefficient (Wildman–Crippen LogP) is 3.18. The number of halogens is 1. The van der Waals surface area contributed by atoms with E-state index in [-0.39, 0.29) is 17.8 Å². The molecule has 2 aromatic rings. The molecule has 1 unspecified atom stereocenters. The predicted molar refractivity (Wildman–Crippen MR) is 85.6 cm³/mol. The van der Waals surface area contributed by atoms with Crippen molar-refractivity contribution < 1.29 is 9.18 Å². The molecule has 1 heterocycles. The van der Waals surface area contributed by atoms with Crippen LogP contribution in [0.5, 0.6) is 0 Å². The summed E-state index contributed by atoms with van der Waals surface area (Å²) in [5, 5.41) is 0. The van der Waals surface area contributed by atoms with Crippen molar-refractivity contribution in [2.75, 3.05) is 24.5 Å². The highest BCUT2D eigenvalue weighted by Gasteiger charge is 2.27. The summed E-state index contributed by atoms with van der Waals surface area (Å²) in [6.45, 7) is 4.27. The first-order valence-corrected chi connectivity index (χ1v) is 7.51. The summed E-state index contributed by atoms with van der Waals surface area (Å²) < 4.78 is 13.0. The van der Waals surface area contributed by atoms with Gasteiger partial charge in [0.25, 0.3) is 5.91 Å². The molecule has 0 aromatic heterocycles. The van der Waals surface area contributed by atoms with Crippen LogP contribution in [-0.2, 0) is 0 Å². The molecule has 1 amide bonds. The Bertz CT molecular complexity index is 642. The Kier molecular flexibility index (Phi) is 4.09. The summed E-state index contributed by atoms with van der Waals surface area (Å²) in [5.74, 6) is -0.349. The van der Waals surface area contributed by atoms with Gasteiger partial charge in [0, 0.05) is 36.9 Å². The fourth-order valence-electron chi connectivity index (χ4n) is 2.92. The largest absolute Gasteiger partial charge is 0.365 e. The van der Waals surface area contributed by atoms with Gasteiger partial charge >= 0.3 is 0 Å². The summed E-state index contributed by atoms with van der Waals surface area (Å²) in [6.07, 6.45) is 0. The van der Waals surface area contributed by atoms with Crippen molar-refractivity contribution >= 4 is 11.6 Å². The average Bonchev–Trinajstić information content (AvgIpc) is 2.55. The van der Waals surface area contributed by atoms with E-state index in [0.717, 1.165) is 6.54 Å². The van der Waals surface area contributed by atoms with Crippen LogP contribution >= 0.6 is 0 Å². The van der Waals surface area contributed by atoms with Crippen molar-refractivity contribution in [3.05, 3.63) is 66.0 Å². The lowest BCUT2D eigenvalue weighted by Gasteiger charge is -2.41. The van der Waals surface area contributed by atoms with E-state index in [0.29, 0.717) is 18.7 Å². The van der Waals surface area contributed by atoms with Crippen LogP contribution in [0.3, 0.4) is 0 Å². The van der Waals surface area contributed by atoms with Crippen molar-refractivity contribution in [3.8, 4) is 0 Å². The molecule has 22 heavy (non-hydrogen) atoms. The van der Waals surface area contributed by atoms with Crippen molar-refractivity contribution in [1.29, 1.82) is 0 Å². The van der Waals surface area contributed by atoms with Crippen molar-refractivity contribution in [3.63, 3.8) is 0 Å². The van der Waals surface area contributed by atoms with Crippen LogP contribution in [0.1, 0.15) is 17.3 Å². The van der Waals surface area contributed by atoms with Gasteiger partial charge in [0.05, 0.1) is 0 Å². The molecule has 1 fully saturated rings. The van der Waals surface area contributed by atoms with Gasteiger partial charge in [0.15, 0.2) is 0 Å². The lowest BCUT2D eigenvalue weighted by molar-refractivity contribution is 0.0726. The zero-order valence-electron chi connectivity index (χ0n) is 12.6. The number of piperazine rings is 1. The van der Waals surface area contributed by atoms with Crippen LogP contribution in [0.2, 0.25) is 0 Å². The monoisotopic (exact) mass is 298 g/mol. The van der Waals surface area contributed by atoms with E-state index in [4.69, 9.17) is 0 Å². The maximum atomic E-state index is 13.0.